The lowest BCUT2D eigenvalue weighted by Crippen LogP contribution is -1.96. The fourth-order valence-corrected chi connectivity index (χ4v) is 2.76. The molecule has 4 rings (SSSR count). The van der Waals surface area contributed by atoms with E-state index < -0.39 is 0 Å². The van der Waals surface area contributed by atoms with E-state index in [1.807, 2.05) is 42.6 Å². The molecule has 0 bridgehead atoms. The first kappa shape index (κ1) is 15.4. The predicted octanol–water partition coefficient (Wildman–Crippen LogP) is 4.40. The third kappa shape index (κ3) is 2.97. The van der Waals surface area contributed by atoms with Crippen molar-refractivity contribution in [1.29, 1.82) is 0 Å². The zero-order chi connectivity index (χ0) is 17.2. The largest absolute Gasteiger partial charge is 0.463 e. The second kappa shape index (κ2) is 6.37. The predicted molar refractivity (Wildman–Crippen MR) is 94.6 cm³/mol. The van der Waals surface area contributed by atoms with Crippen LogP contribution in [-0.2, 0) is 6.54 Å². The molecule has 124 valence electrons. The van der Waals surface area contributed by atoms with Crippen molar-refractivity contribution in [1.82, 2.24) is 9.78 Å². The summed E-state index contributed by atoms with van der Waals surface area (Å²) in [5.41, 5.74) is 10.4. The van der Waals surface area contributed by atoms with Crippen LogP contribution in [0.5, 0.6) is 0 Å². The second-order valence-corrected chi connectivity index (χ2v) is 5.68. The van der Waals surface area contributed by atoms with Crippen LogP contribution in [0, 0.1) is 5.82 Å². The van der Waals surface area contributed by atoms with Crippen molar-refractivity contribution in [3.05, 3.63) is 84.5 Å². The van der Waals surface area contributed by atoms with Gasteiger partial charge >= 0.3 is 0 Å². The summed E-state index contributed by atoms with van der Waals surface area (Å²) in [6.07, 6.45) is 3.52. The summed E-state index contributed by atoms with van der Waals surface area (Å²) >= 11 is 0. The summed E-state index contributed by atoms with van der Waals surface area (Å²) in [5.74, 6) is 0.457. The molecule has 0 aliphatic heterocycles. The number of benzene rings is 2. The molecule has 2 N–H and O–H groups in total. The van der Waals surface area contributed by atoms with E-state index in [1.54, 1.807) is 23.1 Å². The van der Waals surface area contributed by atoms with Gasteiger partial charge in [-0.15, -0.1) is 0 Å². The molecule has 0 atom stereocenters. The van der Waals surface area contributed by atoms with Gasteiger partial charge in [0, 0.05) is 18.3 Å². The molecule has 0 saturated heterocycles. The molecule has 0 spiro atoms. The van der Waals surface area contributed by atoms with Gasteiger partial charge in [-0.2, -0.15) is 5.10 Å². The Morgan fingerprint density at radius 2 is 1.64 bits per heavy atom. The molecule has 0 amide bonds. The van der Waals surface area contributed by atoms with Crippen molar-refractivity contribution in [2.24, 2.45) is 5.73 Å². The lowest BCUT2D eigenvalue weighted by Gasteiger charge is -2.05. The minimum Gasteiger partial charge on any atom is -0.463 e. The summed E-state index contributed by atoms with van der Waals surface area (Å²) in [4.78, 5) is 0. The number of aromatic nitrogens is 2. The van der Waals surface area contributed by atoms with Crippen LogP contribution in [0.15, 0.2) is 77.5 Å². The SMILES string of the molecule is NCc1cn(-c2ccc(-c3ccc(F)cc3)cc2)nc1-c1ccco1. The van der Waals surface area contributed by atoms with Gasteiger partial charge in [-0.05, 0) is 47.5 Å². The highest BCUT2D eigenvalue weighted by molar-refractivity contribution is 5.65. The van der Waals surface area contributed by atoms with Gasteiger partial charge in [-0.25, -0.2) is 9.07 Å². The quantitative estimate of drug-likeness (QED) is 0.602. The third-order valence-corrected chi connectivity index (χ3v) is 4.07. The fraction of sp³-hybridized carbons (Fsp3) is 0.0500. The first-order chi connectivity index (χ1) is 12.2. The van der Waals surface area contributed by atoms with Crippen LogP contribution in [0.3, 0.4) is 0 Å². The zero-order valence-electron chi connectivity index (χ0n) is 13.4. The maximum Gasteiger partial charge on any atom is 0.154 e. The molecule has 2 aromatic heterocycles. The fourth-order valence-electron chi connectivity index (χ4n) is 2.76. The third-order valence-electron chi connectivity index (χ3n) is 4.07. The van der Waals surface area contributed by atoms with Crippen LogP contribution < -0.4 is 5.73 Å². The van der Waals surface area contributed by atoms with Gasteiger partial charge in [-0.1, -0.05) is 24.3 Å². The Labute approximate surface area is 144 Å². The van der Waals surface area contributed by atoms with E-state index in [4.69, 9.17) is 10.2 Å². The molecule has 5 heteroatoms. The van der Waals surface area contributed by atoms with E-state index >= 15 is 0 Å². The minimum atomic E-state index is -0.239. The molecular weight excluding hydrogens is 317 g/mol. The molecule has 2 aromatic carbocycles. The lowest BCUT2D eigenvalue weighted by atomic mass is 10.1. The lowest BCUT2D eigenvalue weighted by molar-refractivity contribution is 0.578. The Balaban J connectivity index is 1.67. The molecule has 25 heavy (non-hydrogen) atoms. The summed E-state index contributed by atoms with van der Waals surface area (Å²) in [7, 11) is 0. The number of nitrogens with two attached hydrogens (primary N) is 1. The molecule has 0 aliphatic carbocycles. The summed E-state index contributed by atoms with van der Waals surface area (Å²) < 4.78 is 20.3. The van der Waals surface area contributed by atoms with Gasteiger partial charge in [0.2, 0.25) is 0 Å². The van der Waals surface area contributed by atoms with Gasteiger partial charge in [-0.3, -0.25) is 0 Å². The van der Waals surface area contributed by atoms with Crippen LogP contribution in [0.1, 0.15) is 5.56 Å². The standard InChI is InChI=1S/C20H16FN3O/c21-17-7-3-14(4-8-17)15-5-9-18(10-6-15)24-13-16(12-22)20(23-24)19-2-1-11-25-19/h1-11,13H,12,22H2. The Morgan fingerprint density at radius 1 is 0.960 bits per heavy atom. The number of halogens is 1. The van der Waals surface area contributed by atoms with Gasteiger partial charge in [0.05, 0.1) is 12.0 Å². The van der Waals surface area contributed by atoms with Crippen LogP contribution in [0.25, 0.3) is 28.3 Å². The minimum absolute atomic E-state index is 0.239. The number of hydrogen-bond donors (Lipinski definition) is 1. The van der Waals surface area contributed by atoms with Gasteiger partial charge in [0.1, 0.15) is 11.5 Å². The average Bonchev–Trinajstić information content (AvgIpc) is 3.32. The first-order valence-corrected chi connectivity index (χ1v) is 7.93. The Morgan fingerprint density at radius 3 is 2.24 bits per heavy atom. The van der Waals surface area contributed by atoms with Crippen LogP contribution in [-0.4, -0.2) is 9.78 Å². The molecule has 0 radical (unpaired) electrons. The summed E-state index contributed by atoms with van der Waals surface area (Å²) in [6.45, 7) is 0.379. The van der Waals surface area contributed by atoms with Crippen LogP contribution in [0.2, 0.25) is 0 Å². The van der Waals surface area contributed by atoms with Crippen molar-refractivity contribution < 1.29 is 8.81 Å². The van der Waals surface area contributed by atoms with Crippen molar-refractivity contribution in [3.8, 4) is 28.3 Å². The molecule has 2 heterocycles. The van der Waals surface area contributed by atoms with E-state index in [0.29, 0.717) is 12.3 Å². The van der Waals surface area contributed by atoms with Crippen molar-refractivity contribution >= 4 is 0 Å². The van der Waals surface area contributed by atoms with Crippen molar-refractivity contribution in [2.45, 2.75) is 6.54 Å². The molecule has 0 aliphatic rings. The molecule has 0 fully saturated rings. The van der Waals surface area contributed by atoms with Crippen LogP contribution >= 0.6 is 0 Å². The topological polar surface area (TPSA) is 57.0 Å². The summed E-state index contributed by atoms with van der Waals surface area (Å²) in [5, 5.41) is 4.60. The Kier molecular flexibility index (Phi) is 3.91. The van der Waals surface area contributed by atoms with E-state index in [2.05, 4.69) is 5.10 Å². The van der Waals surface area contributed by atoms with Gasteiger partial charge in [0.25, 0.3) is 0 Å². The second-order valence-electron chi connectivity index (χ2n) is 5.68. The highest BCUT2D eigenvalue weighted by Crippen LogP contribution is 2.25. The van der Waals surface area contributed by atoms with Gasteiger partial charge < -0.3 is 10.2 Å². The Bertz CT molecular complexity index is 971. The maximum absolute atomic E-state index is 13.0. The Hall–Kier alpha value is -3.18. The van der Waals surface area contributed by atoms with Crippen molar-refractivity contribution in [3.63, 3.8) is 0 Å². The molecule has 4 aromatic rings. The van der Waals surface area contributed by atoms with Crippen molar-refractivity contribution in [2.75, 3.05) is 0 Å². The highest BCUT2D eigenvalue weighted by atomic mass is 19.1. The smallest absolute Gasteiger partial charge is 0.154 e. The highest BCUT2D eigenvalue weighted by Gasteiger charge is 2.13. The molecule has 0 unspecified atom stereocenters. The molecule has 4 nitrogen and oxygen atoms in total. The van der Waals surface area contributed by atoms with E-state index in [1.165, 1.54) is 12.1 Å². The van der Waals surface area contributed by atoms with E-state index in [-0.39, 0.29) is 5.82 Å². The monoisotopic (exact) mass is 333 g/mol. The van der Waals surface area contributed by atoms with Gasteiger partial charge in [0.15, 0.2) is 5.76 Å². The number of rotatable bonds is 4. The summed E-state index contributed by atoms with van der Waals surface area (Å²) in [6, 6.07) is 18.0. The maximum atomic E-state index is 13.0. The molecule has 0 saturated carbocycles. The average molecular weight is 333 g/mol. The number of furan rings is 1. The normalized spacial score (nSPS) is 11.0. The zero-order valence-corrected chi connectivity index (χ0v) is 13.4. The number of nitrogens with zero attached hydrogens (tertiary/aromatic N) is 2. The van der Waals surface area contributed by atoms with E-state index in [0.717, 1.165) is 28.1 Å². The first-order valence-electron chi connectivity index (χ1n) is 7.93. The van der Waals surface area contributed by atoms with E-state index in [9.17, 15) is 4.39 Å². The molecular formula is C20H16FN3O. The number of hydrogen-bond acceptors (Lipinski definition) is 3. The van der Waals surface area contributed by atoms with Crippen LogP contribution in [0.4, 0.5) is 4.39 Å².